The normalized spacial score (nSPS) is 11.2. The summed E-state index contributed by atoms with van der Waals surface area (Å²) in [6, 6.07) is 4.96. The maximum absolute atomic E-state index is 12.9. The molecule has 0 atom stereocenters. The first-order valence-electron chi connectivity index (χ1n) is 10.4. The Bertz CT molecular complexity index is 1200. The van der Waals surface area contributed by atoms with Gasteiger partial charge in [0.25, 0.3) is 0 Å². The van der Waals surface area contributed by atoms with Crippen LogP contribution in [0.1, 0.15) is 36.6 Å². The Morgan fingerprint density at radius 1 is 1.18 bits per heavy atom. The molecule has 0 spiro atoms. The monoisotopic (exact) mass is 489 g/mol. The fraction of sp³-hybridized carbons (Fsp3) is 0.348. The summed E-state index contributed by atoms with van der Waals surface area (Å²) in [4.78, 5) is 34.5. The highest BCUT2D eigenvalue weighted by atomic mass is 35.5. The molecule has 10 heteroatoms. The van der Waals surface area contributed by atoms with Gasteiger partial charge in [-0.3, -0.25) is 9.59 Å². The number of hydrogen-bond acceptors (Lipinski definition) is 6. The molecule has 174 valence electrons. The van der Waals surface area contributed by atoms with Crippen LogP contribution in [0.3, 0.4) is 0 Å². The highest BCUT2D eigenvalue weighted by Gasteiger charge is 2.22. The van der Waals surface area contributed by atoms with Crippen molar-refractivity contribution >= 4 is 51.8 Å². The van der Waals surface area contributed by atoms with Crippen molar-refractivity contribution in [2.24, 2.45) is 0 Å². The van der Waals surface area contributed by atoms with Gasteiger partial charge in [0.2, 0.25) is 0 Å². The predicted molar refractivity (Wildman–Crippen MR) is 129 cm³/mol. The number of rotatable bonds is 10. The molecule has 0 bridgehead atoms. The number of carboxylic acids is 1. The molecule has 3 aromatic rings. The number of pyridine rings is 2. The van der Waals surface area contributed by atoms with E-state index in [2.05, 4.69) is 16.7 Å². The van der Waals surface area contributed by atoms with Gasteiger partial charge in [0.05, 0.1) is 18.8 Å². The zero-order chi connectivity index (χ0) is 24.3. The molecule has 0 aliphatic rings. The van der Waals surface area contributed by atoms with Gasteiger partial charge in [-0.05, 0) is 42.2 Å². The first kappa shape index (κ1) is 24.7. The lowest BCUT2D eigenvalue weighted by Crippen LogP contribution is -2.36. The maximum atomic E-state index is 12.9. The number of aliphatic carboxylic acids is 1. The Morgan fingerprint density at radius 3 is 2.42 bits per heavy atom. The number of carbonyl (C=O) groups excluding carboxylic acids is 1. The third-order valence-corrected chi connectivity index (χ3v) is 5.45. The van der Waals surface area contributed by atoms with Gasteiger partial charge in [-0.1, -0.05) is 43.1 Å². The summed E-state index contributed by atoms with van der Waals surface area (Å²) < 4.78 is 1.73. The van der Waals surface area contributed by atoms with Gasteiger partial charge in [0.1, 0.15) is 22.7 Å². The van der Waals surface area contributed by atoms with Gasteiger partial charge in [0, 0.05) is 11.8 Å². The van der Waals surface area contributed by atoms with Crippen molar-refractivity contribution in [1.82, 2.24) is 19.7 Å². The van der Waals surface area contributed by atoms with Gasteiger partial charge < -0.3 is 10.0 Å². The number of carbonyl (C=O) groups is 2. The van der Waals surface area contributed by atoms with Gasteiger partial charge in [-0.2, -0.15) is 5.10 Å². The molecule has 0 saturated heterocycles. The molecular weight excluding hydrogens is 465 g/mol. The molecule has 0 amide bonds. The number of hydrogen-bond donors (Lipinski definition) is 1. The molecule has 3 aromatic heterocycles. The van der Waals surface area contributed by atoms with Crippen LogP contribution in [0.2, 0.25) is 10.3 Å². The fourth-order valence-electron chi connectivity index (χ4n) is 3.73. The first-order valence-corrected chi connectivity index (χ1v) is 11.1. The van der Waals surface area contributed by atoms with Gasteiger partial charge >= 0.3 is 5.97 Å². The number of Topliss-reactive ketones (excluding diaryl/α,β-unsaturated/α-hetero) is 1. The standard InChI is InChI=1S/C23H25Cl2N5O3/c1-5-6-30-23-22(14(4)28-30)17(13(2)3)10-20(27-23)29(12-21(32)33)11-16(31)7-15-8-18(24)26-19(25)9-15/h5,8-10,13H,1,6-7,11-12H2,2-4H3,(H,32,33). The van der Waals surface area contributed by atoms with Crippen LogP contribution in [0.5, 0.6) is 0 Å². The van der Waals surface area contributed by atoms with E-state index in [-0.39, 0.29) is 41.5 Å². The maximum Gasteiger partial charge on any atom is 0.323 e. The number of ketones is 1. The Kier molecular flexibility index (Phi) is 7.71. The average Bonchev–Trinajstić information content (AvgIpc) is 3.01. The van der Waals surface area contributed by atoms with Crippen LogP contribution in [0, 0.1) is 6.92 Å². The van der Waals surface area contributed by atoms with E-state index in [1.54, 1.807) is 22.9 Å². The van der Waals surface area contributed by atoms with Crippen LogP contribution in [-0.2, 0) is 22.6 Å². The smallest absolute Gasteiger partial charge is 0.323 e. The number of fused-ring (bicyclic) bond motifs is 1. The second-order valence-corrected chi connectivity index (χ2v) is 8.84. The van der Waals surface area contributed by atoms with Crippen molar-refractivity contribution in [2.75, 3.05) is 18.0 Å². The molecular formula is C23H25Cl2N5O3. The van der Waals surface area contributed by atoms with E-state index in [0.29, 0.717) is 23.6 Å². The number of carboxylic acid groups (broad SMARTS) is 1. The van der Waals surface area contributed by atoms with E-state index in [1.165, 1.54) is 4.90 Å². The summed E-state index contributed by atoms with van der Waals surface area (Å²) in [6.45, 7) is 9.72. The summed E-state index contributed by atoms with van der Waals surface area (Å²) in [7, 11) is 0. The fourth-order valence-corrected chi connectivity index (χ4v) is 4.24. The Labute approximate surface area is 201 Å². The van der Waals surface area contributed by atoms with Crippen LogP contribution in [-0.4, -0.2) is 49.7 Å². The van der Waals surface area contributed by atoms with Crippen molar-refractivity contribution in [3.05, 3.63) is 58.0 Å². The molecule has 0 aliphatic heterocycles. The molecule has 0 radical (unpaired) electrons. The van der Waals surface area contributed by atoms with Crippen molar-refractivity contribution < 1.29 is 14.7 Å². The van der Waals surface area contributed by atoms with Crippen LogP contribution in [0.25, 0.3) is 11.0 Å². The Morgan fingerprint density at radius 2 is 1.85 bits per heavy atom. The van der Waals surface area contributed by atoms with Crippen molar-refractivity contribution in [3.63, 3.8) is 0 Å². The molecule has 0 fully saturated rings. The third kappa shape index (κ3) is 5.89. The SMILES string of the molecule is C=CCn1nc(C)c2c(C(C)C)cc(N(CC(=O)O)CC(=O)Cc3cc(Cl)nc(Cl)c3)nc21. The molecule has 3 heterocycles. The van der Waals surface area contributed by atoms with E-state index >= 15 is 0 Å². The summed E-state index contributed by atoms with van der Waals surface area (Å²) in [5.41, 5.74) is 3.05. The lowest BCUT2D eigenvalue weighted by molar-refractivity contribution is -0.135. The highest BCUT2D eigenvalue weighted by molar-refractivity contribution is 6.32. The summed E-state index contributed by atoms with van der Waals surface area (Å²) in [5, 5.41) is 15.4. The number of nitrogens with zero attached hydrogens (tertiary/aromatic N) is 5. The van der Waals surface area contributed by atoms with Crippen molar-refractivity contribution in [1.29, 1.82) is 0 Å². The predicted octanol–water partition coefficient (Wildman–Crippen LogP) is 4.45. The van der Waals surface area contributed by atoms with E-state index in [0.717, 1.165) is 16.6 Å². The summed E-state index contributed by atoms with van der Waals surface area (Å²) in [5.74, 6) is -0.740. The molecule has 0 aliphatic carbocycles. The number of halogens is 2. The van der Waals surface area contributed by atoms with Crippen molar-refractivity contribution in [2.45, 2.75) is 39.7 Å². The molecule has 33 heavy (non-hydrogen) atoms. The van der Waals surface area contributed by atoms with E-state index in [4.69, 9.17) is 28.2 Å². The van der Waals surface area contributed by atoms with Gasteiger partial charge in [-0.25, -0.2) is 14.6 Å². The van der Waals surface area contributed by atoms with E-state index < -0.39 is 5.97 Å². The number of aryl methyl sites for hydroxylation is 1. The van der Waals surface area contributed by atoms with Crippen LogP contribution in [0.15, 0.2) is 30.9 Å². The molecule has 0 aromatic carbocycles. The van der Waals surface area contributed by atoms with E-state index in [9.17, 15) is 14.7 Å². The Balaban J connectivity index is 2.01. The average molecular weight is 490 g/mol. The zero-order valence-electron chi connectivity index (χ0n) is 18.7. The lowest BCUT2D eigenvalue weighted by Gasteiger charge is -2.23. The lowest BCUT2D eigenvalue weighted by atomic mass is 9.99. The van der Waals surface area contributed by atoms with Crippen molar-refractivity contribution in [3.8, 4) is 0 Å². The zero-order valence-corrected chi connectivity index (χ0v) is 20.2. The minimum atomic E-state index is -1.07. The molecule has 3 rings (SSSR count). The molecule has 0 unspecified atom stereocenters. The van der Waals surface area contributed by atoms with Crippen LogP contribution < -0.4 is 4.90 Å². The summed E-state index contributed by atoms with van der Waals surface area (Å²) >= 11 is 11.9. The topological polar surface area (TPSA) is 101 Å². The van der Waals surface area contributed by atoms with Crippen LogP contribution >= 0.6 is 23.2 Å². The number of aromatic nitrogens is 4. The molecule has 8 nitrogen and oxygen atoms in total. The Hall–Kier alpha value is -2.97. The second kappa shape index (κ2) is 10.3. The van der Waals surface area contributed by atoms with Gasteiger partial charge in [0.15, 0.2) is 11.4 Å². The van der Waals surface area contributed by atoms with Crippen LogP contribution in [0.4, 0.5) is 5.82 Å². The molecule has 0 saturated carbocycles. The summed E-state index contributed by atoms with van der Waals surface area (Å²) in [6.07, 6.45) is 1.75. The van der Waals surface area contributed by atoms with E-state index in [1.807, 2.05) is 26.8 Å². The molecule has 1 N–H and O–H groups in total. The number of allylic oxidation sites excluding steroid dienone is 1. The largest absolute Gasteiger partial charge is 0.480 e. The highest BCUT2D eigenvalue weighted by Crippen LogP contribution is 2.31. The van der Waals surface area contributed by atoms with Gasteiger partial charge in [-0.15, -0.1) is 6.58 Å². The second-order valence-electron chi connectivity index (χ2n) is 8.07. The number of anilines is 1. The minimum absolute atomic E-state index is 0.0326. The first-order chi connectivity index (χ1) is 15.6. The minimum Gasteiger partial charge on any atom is -0.480 e. The third-order valence-electron chi connectivity index (χ3n) is 5.06. The quantitative estimate of drug-likeness (QED) is 0.331.